The van der Waals surface area contributed by atoms with E-state index in [1.165, 1.54) is 25.1 Å². The molecule has 4 nitrogen and oxygen atoms in total. The van der Waals surface area contributed by atoms with Gasteiger partial charge in [0.2, 0.25) is 0 Å². The predicted molar refractivity (Wildman–Crippen MR) is 66.5 cm³/mol. The summed E-state index contributed by atoms with van der Waals surface area (Å²) in [5.74, 6) is -0.363. The second kappa shape index (κ2) is 5.91. The topological polar surface area (TPSA) is 68.0 Å². The number of aromatic nitrogens is 1. The highest BCUT2D eigenvalue weighted by Gasteiger charge is 2.25. The zero-order valence-electron chi connectivity index (χ0n) is 10.2. The minimum atomic E-state index is -0.507. The first-order valence-electron chi connectivity index (χ1n) is 6.32. The van der Waals surface area contributed by atoms with E-state index in [9.17, 15) is 9.18 Å². The highest BCUT2D eigenvalue weighted by atomic mass is 19.1. The van der Waals surface area contributed by atoms with E-state index in [-0.39, 0.29) is 17.5 Å². The van der Waals surface area contributed by atoms with E-state index in [0.717, 1.165) is 19.0 Å². The number of carbonyl (C=O) groups excluding carboxylic acids is 1. The van der Waals surface area contributed by atoms with Gasteiger partial charge in [0.25, 0.3) is 5.91 Å². The Morgan fingerprint density at radius 2 is 2.22 bits per heavy atom. The highest BCUT2D eigenvalue weighted by molar-refractivity contribution is 5.94. The predicted octanol–water partition coefficient (Wildman–Crippen LogP) is 1.47. The number of pyridine rings is 1. The third kappa shape index (κ3) is 3.04. The van der Waals surface area contributed by atoms with Gasteiger partial charge >= 0.3 is 0 Å². The van der Waals surface area contributed by atoms with Crippen LogP contribution in [0.15, 0.2) is 18.5 Å². The second-order valence-electron chi connectivity index (χ2n) is 4.75. The summed E-state index contributed by atoms with van der Waals surface area (Å²) in [5.41, 5.74) is 5.95. The van der Waals surface area contributed by atoms with Crippen LogP contribution < -0.4 is 11.1 Å². The third-order valence-electron chi connectivity index (χ3n) is 3.51. The van der Waals surface area contributed by atoms with Crippen molar-refractivity contribution in [2.24, 2.45) is 11.7 Å². The van der Waals surface area contributed by atoms with Crippen LogP contribution in [0.4, 0.5) is 4.39 Å². The lowest BCUT2D eigenvalue weighted by molar-refractivity contribution is 0.0923. The summed E-state index contributed by atoms with van der Waals surface area (Å²) in [4.78, 5) is 15.6. The molecular formula is C13H18FN3O. The molecule has 1 amide bonds. The molecular weight excluding hydrogens is 233 g/mol. The van der Waals surface area contributed by atoms with Crippen LogP contribution in [0.1, 0.15) is 36.0 Å². The molecule has 18 heavy (non-hydrogen) atoms. The van der Waals surface area contributed by atoms with Crippen LogP contribution >= 0.6 is 0 Å². The van der Waals surface area contributed by atoms with Crippen molar-refractivity contribution in [1.82, 2.24) is 10.3 Å². The van der Waals surface area contributed by atoms with Crippen molar-refractivity contribution >= 4 is 5.91 Å². The molecule has 2 rings (SSSR count). The Labute approximate surface area is 106 Å². The minimum absolute atomic E-state index is 0.0248. The van der Waals surface area contributed by atoms with Crippen LogP contribution in [0, 0.1) is 11.7 Å². The van der Waals surface area contributed by atoms with Gasteiger partial charge < -0.3 is 11.1 Å². The van der Waals surface area contributed by atoms with Gasteiger partial charge in [-0.2, -0.15) is 0 Å². The normalized spacial score (nSPS) is 17.7. The Balaban J connectivity index is 2.00. The van der Waals surface area contributed by atoms with Gasteiger partial charge in [0, 0.05) is 18.8 Å². The SMILES string of the molecule is NCC(NC(=O)c1cncc(F)c1)C1CCCC1. The van der Waals surface area contributed by atoms with E-state index in [2.05, 4.69) is 10.3 Å². The van der Waals surface area contributed by atoms with E-state index >= 15 is 0 Å². The van der Waals surface area contributed by atoms with Crippen molar-refractivity contribution in [3.05, 3.63) is 29.8 Å². The average Bonchev–Trinajstić information content (AvgIpc) is 2.89. The lowest BCUT2D eigenvalue weighted by Crippen LogP contribution is -2.44. The van der Waals surface area contributed by atoms with Gasteiger partial charge in [-0.3, -0.25) is 9.78 Å². The summed E-state index contributed by atoms with van der Waals surface area (Å²) in [6, 6.07) is 1.16. The lowest BCUT2D eigenvalue weighted by atomic mass is 9.98. The van der Waals surface area contributed by atoms with Crippen LogP contribution in [0.5, 0.6) is 0 Å². The molecule has 1 unspecified atom stereocenters. The van der Waals surface area contributed by atoms with Crippen molar-refractivity contribution in [1.29, 1.82) is 0 Å². The molecule has 1 aliphatic carbocycles. The van der Waals surface area contributed by atoms with Crippen LogP contribution in [0.2, 0.25) is 0 Å². The van der Waals surface area contributed by atoms with Gasteiger partial charge in [0.05, 0.1) is 11.8 Å². The quantitative estimate of drug-likeness (QED) is 0.851. The first kappa shape index (κ1) is 13.0. The van der Waals surface area contributed by atoms with Crippen LogP contribution in [0.25, 0.3) is 0 Å². The number of nitrogens with one attached hydrogen (secondary N) is 1. The van der Waals surface area contributed by atoms with Gasteiger partial charge in [-0.15, -0.1) is 0 Å². The number of halogens is 1. The number of amides is 1. The zero-order chi connectivity index (χ0) is 13.0. The maximum Gasteiger partial charge on any atom is 0.253 e. The fourth-order valence-electron chi connectivity index (χ4n) is 2.52. The Bertz CT molecular complexity index is 418. The molecule has 1 heterocycles. The van der Waals surface area contributed by atoms with Gasteiger partial charge in [0.15, 0.2) is 0 Å². The summed E-state index contributed by atoms with van der Waals surface area (Å²) in [6.45, 7) is 0.416. The Morgan fingerprint density at radius 1 is 1.50 bits per heavy atom. The monoisotopic (exact) mass is 251 g/mol. The van der Waals surface area contributed by atoms with E-state index in [0.29, 0.717) is 12.5 Å². The standard InChI is InChI=1S/C13H18FN3O/c14-11-5-10(7-16-8-11)13(18)17-12(6-15)9-3-1-2-4-9/h5,7-9,12H,1-4,6,15H2,(H,17,18). The van der Waals surface area contributed by atoms with E-state index in [1.54, 1.807) is 0 Å². The lowest BCUT2D eigenvalue weighted by Gasteiger charge is -2.23. The molecule has 5 heteroatoms. The molecule has 0 aromatic carbocycles. The molecule has 0 bridgehead atoms. The molecule has 3 N–H and O–H groups in total. The molecule has 0 spiro atoms. The third-order valence-corrected chi connectivity index (χ3v) is 3.51. The summed E-state index contributed by atoms with van der Waals surface area (Å²) in [6.07, 6.45) is 7.03. The number of nitrogens with two attached hydrogens (primary N) is 1. The first-order chi connectivity index (χ1) is 8.70. The van der Waals surface area contributed by atoms with Crippen molar-refractivity contribution in [2.45, 2.75) is 31.7 Å². The number of rotatable bonds is 4. The molecule has 1 atom stereocenters. The average molecular weight is 251 g/mol. The maximum atomic E-state index is 13.0. The number of nitrogens with zero attached hydrogens (tertiary/aromatic N) is 1. The van der Waals surface area contributed by atoms with E-state index in [1.807, 2.05) is 0 Å². The van der Waals surface area contributed by atoms with Gasteiger partial charge in [-0.1, -0.05) is 12.8 Å². The van der Waals surface area contributed by atoms with Gasteiger partial charge in [-0.05, 0) is 24.8 Å². The maximum absolute atomic E-state index is 13.0. The molecule has 1 aromatic heterocycles. The Morgan fingerprint density at radius 3 is 2.83 bits per heavy atom. The molecule has 0 saturated heterocycles. The minimum Gasteiger partial charge on any atom is -0.348 e. The van der Waals surface area contributed by atoms with E-state index < -0.39 is 5.82 Å². The van der Waals surface area contributed by atoms with Crippen LogP contribution in [-0.4, -0.2) is 23.5 Å². The van der Waals surface area contributed by atoms with Gasteiger partial charge in [-0.25, -0.2) is 4.39 Å². The largest absolute Gasteiger partial charge is 0.348 e. The zero-order valence-corrected chi connectivity index (χ0v) is 10.2. The van der Waals surface area contributed by atoms with E-state index in [4.69, 9.17) is 5.73 Å². The fourth-order valence-corrected chi connectivity index (χ4v) is 2.52. The van der Waals surface area contributed by atoms with Crippen LogP contribution in [-0.2, 0) is 0 Å². The number of hydrogen-bond acceptors (Lipinski definition) is 3. The summed E-state index contributed by atoms with van der Waals surface area (Å²) in [7, 11) is 0. The summed E-state index contributed by atoms with van der Waals surface area (Å²) < 4.78 is 13.0. The molecule has 1 saturated carbocycles. The molecule has 98 valence electrons. The van der Waals surface area contributed by atoms with Crippen molar-refractivity contribution < 1.29 is 9.18 Å². The smallest absolute Gasteiger partial charge is 0.253 e. The first-order valence-corrected chi connectivity index (χ1v) is 6.32. The molecule has 0 aliphatic heterocycles. The number of hydrogen-bond donors (Lipinski definition) is 2. The Kier molecular flexibility index (Phi) is 4.25. The van der Waals surface area contributed by atoms with Crippen LogP contribution in [0.3, 0.4) is 0 Å². The number of carbonyl (C=O) groups is 1. The second-order valence-corrected chi connectivity index (χ2v) is 4.75. The molecule has 0 radical (unpaired) electrons. The van der Waals surface area contributed by atoms with Crippen molar-refractivity contribution in [3.8, 4) is 0 Å². The Hall–Kier alpha value is -1.49. The highest BCUT2D eigenvalue weighted by Crippen LogP contribution is 2.27. The summed E-state index contributed by atoms with van der Waals surface area (Å²) >= 11 is 0. The fraction of sp³-hybridized carbons (Fsp3) is 0.538. The summed E-state index contributed by atoms with van der Waals surface area (Å²) in [5, 5.41) is 2.88. The molecule has 1 aliphatic rings. The van der Waals surface area contributed by atoms with Gasteiger partial charge in [0.1, 0.15) is 5.82 Å². The molecule has 1 fully saturated rings. The van der Waals surface area contributed by atoms with Crippen molar-refractivity contribution in [2.75, 3.05) is 6.54 Å². The molecule has 1 aromatic rings. The van der Waals surface area contributed by atoms with Crippen molar-refractivity contribution in [3.63, 3.8) is 0 Å².